The van der Waals surface area contributed by atoms with E-state index in [1.54, 1.807) is 0 Å². The Morgan fingerprint density at radius 3 is 2.43 bits per heavy atom. The lowest BCUT2D eigenvalue weighted by atomic mass is 9.67. The van der Waals surface area contributed by atoms with Crippen LogP contribution in [0.5, 0.6) is 0 Å². The second kappa shape index (κ2) is 2.00. The monoisotopic (exact) mass is 197 g/mol. The minimum Gasteiger partial charge on any atom is -0.272 e. The SMILES string of the molecule is CC1(C)[C@H]2C[C@@H]3C(=O)N(F)[C@H](C2)[C@@]31C. The maximum atomic E-state index is 13.6. The minimum absolute atomic E-state index is 0.0498. The van der Waals surface area contributed by atoms with Gasteiger partial charge in [-0.3, -0.25) is 4.79 Å². The van der Waals surface area contributed by atoms with Gasteiger partial charge in [0.05, 0.1) is 6.04 Å². The number of amides is 1. The van der Waals surface area contributed by atoms with Crippen LogP contribution in [0.15, 0.2) is 0 Å². The molecule has 2 bridgehead atoms. The zero-order valence-corrected chi connectivity index (χ0v) is 8.88. The summed E-state index contributed by atoms with van der Waals surface area (Å²) < 4.78 is 13.6. The summed E-state index contributed by atoms with van der Waals surface area (Å²) in [6.45, 7) is 6.50. The summed E-state index contributed by atoms with van der Waals surface area (Å²) in [6, 6.07) is -0.145. The van der Waals surface area contributed by atoms with E-state index < -0.39 is 0 Å². The van der Waals surface area contributed by atoms with Crippen molar-refractivity contribution in [1.29, 1.82) is 0 Å². The quantitative estimate of drug-likeness (QED) is 0.545. The second-order valence-corrected chi connectivity index (χ2v) is 5.89. The van der Waals surface area contributed by atoms with Crippen LogP contribution in [-0.4, -0.2) is 17.1 Å². The van der Waals surface area contributed by atoms with E-state index in [-0.39, 0.29) is 28.7 Å². The van der Waals surface area contributed by atoms with E-state index in [2.05, 4.69) is 20.8 Å². The van der Waals surface area contributed by atoms with Crippen LogP contribution in [0.2, 0.25) is 0 Å². The van der Waals surface area contributed by atoms with Crippen LogP contribution in [0, 0.1) is 22.7 Å². The Morgan fingerprint density at radius 1 is 1.36 bits per heavy atom. The summed E-state index contributed by atoms with van der Waals surface area (Å²) in [5.74, 6) is 0.226. The maximum Gasteiger partial charge on any atom is 0.254 e. The summed E-state index contributed by atoms with van der Waals surface area (Å²) in [4.78, 5) is 11.7. The van der Waals surface area contributed by atoms with Crippen LogP contribution in [-0.2, 0) is 4.79 Å². The highest BCUT2D eigenvalue weighted by atomic mass is 19.2. The van der Waals surface area contributed by atoms with Crippen molar-refractivity contribution in [3.63, 3.8) is 0 Å². The molecular weight excluding hydrogens is 181 g/mol. The number of hydrogen-bond acceptors (Lipinski definition) is 1. The van der Waals surface area contributed by atoms with Crippen molar-refractivity contribution >= 4 is 5.91 Å². The molecule has 3 fully saturated rings. The van der Waals surface area contributed by atoms with E-state index in [1.807, 2.05) is 0 Å². The fraction of sp³-hybridized carbons (Fsp3) is 0.909. The van der Waals surface area contributed by atoms with Gasteiger partial charge in [0.1, 0.15) is 0 Å². The molecule has 1 amide bonds. The Morgan fingerprint density at radius 2 is 2.00 bits per heavy atom. The van der Waals surface area contributed by atoms with E-state index in [1.165, 1.54) is 0 Å². The van der Waals surface area contributed by atoms with Crippen molar-refractivity contribution in [2.45, 2.75) is 39.7 Å². The van der Waals surface area contributed by atoms with Crippen LogP contribution >= 0.6 is 0 Å². The molecule has 78 valence electrons. The fourth-order valence-electron chi connectivity index (χ4n) is 4.27. The first-order valence-electron chi connectivity index (χ1n) is 5.39. The fourth-order valence-corrected chi connectivity index (χ4v) is 4.27. The number of carbonyl (C=O) groups is 1. The smallest absolute Gasteiger partial charge is 0.254 e. The number of nitrogens with zero attached hydrogens (tertiary/aromatic N) is 1. The zero-order chi connectivity index (χ0) is 10.3. The molecule has 4 atom stereocenters. The number of fused-ring (bicyclic) bond motifs is 1. The molecule has 2 saturated carbocycles. The lowest BCUT2D eigenvalue weighted by Crippen LogP contribution is -2.38. The lowest BCUT2D eigenvalue weighted by molar-refractivity contribution is -0.146. The molecule has 0 unspecified atom stereocenters. The summed E-state index contributed by atoms with van der Waals surface area (Å²) in [5, 5.41) is 0.527. The third-order valence-electron chi connectivity index (χ3n) is 5.64. The zero-order valence-electron chi connectivity index (χ0n) is 8.88. The molecule has 2 nitrogen and oxygen atoms in total. The molecule has 0 radical (unpaired) electrons. The Balaban J connectivity index is 2.18. The Labute approximate surface area is 83.4 Å². The largest absolute Gasteiger partial charge is 0.272 e. The molecule has 3 heteroatoms. The highest BCUT2D eigenvalue weighted by Crippen LogP contribution is 2.72. The lowest BCUT2D eigenvalue weighted by Gasteiger charge is -2.36. The molecule has 0 spiro atoms. The van der Waals surface area contributed by atoms with Crippen molar-refractivity contribution in [3.8, 4) is 0 Å². The molecular formula is C11H16FNO. The van der Waals surface area contributed by atoms with Crippen molar-refractivity contribution < 1.29 is 9.28 Å². The first-order valence-corrected chi connectivity index (χ1v) is 5.39. The highest BCUT2D eigenvalue weighted by Gasteiger charge is 2.74. The molecule has 0 N–H and O–H groups in total. The third-order valence-corrected chi connectivity index (χ3v) is 5.64. The standard InChI is InChI=1S/C11H16FNO/c1-10(2)6-4-7-9(14)13(12)8(5-6)11(7,10)3/h6-8H,4-5H2,1-3H3/t6-,7+,8+,11+/m0/s1. The van der Waals surface area contributed by atoms with Gasteiger partial charge in [-0.15, -0.1) is 0 Å². The van der Waals surface area contributed by atoms with Crippen LogP contribution in [0.3, 0.4) is 0 Å². The summed E-state index contributed by atoms with van der Waals surface area (Å²) in [7, 11) is 0. The highest BCUT2D eigenvalue weighted by molar-refractivity contribution is 5.83. The van der Waals surface area contributed by atoms with Gasteiger partial charge in [0, 0.05) is 11.3 Å². The van der Waals surface area contributed by atoms with E-state index in [0.29, 0.717) is 11.0 Å². The number of halogens is 1. The summed E-state index contributed by atoms with van der Waals surface area (Å²) >= 11 is 0. The molecule has 0 aromatic carbocycles. The van der Waals surface area contributed by atoms with E-state index in [4.69, 9.17) is 0 Å². The summed E-state index contributed by atoms with van der Waals surface area (Å²) in [5.41, 5.74) is 0.00231. The predicted octanol–water partition coefficient (Wildman–Crippen LogP) is 2.15. The predicted molar refractivity (Wildman–Crippen MR) is 49.8 cm³/mol. The molecule has 0 aromatic rings. The van der Waals surface area contributed by atoms with E-state index in [0.717, 1.165) is 12.8 Å². The second-order valence-electron chi connectivity index (χ2n) is 5.89. The van der Waals surface area contributed by atoms with Gasteiger partial charge >= 0.3 is 0 Å². The number of hydrogen-bond donors (Lipinski definition) is 0. The van der Waals surface area contributed by atoms with Gasteiger partial charge in [0.15, 0.2) is 0 Å². The van der Waals surface area contributed by atoms with Gasteiger partial charge in [0.2, 0.25) is 0 Å². The Kier molecular flexibility index (Phi) is 1.24. The van der Waals surface area contributed by atoms with Crippen LogP contribution in [0.4, 0.5) is 4.48 Å². The summed E-state index contributed by atoms with van der Waals surface area (Å²) in [6.07, 6.45) is 1.77. The number of carbonyl (C=O) groups excluding carboxylic acids is 1. The Hall–Kier alpha value is -0.600. The average molecular weight is 197 g/mol. The molecule has 1 heterocycles. The number of rotatable bonds is 0. The molecule has 3 aliphatic rings. The van der Waals surface area contributed by atoms with Crippen molar-refractivity contribution in [2.24, 2.45) is 22.7 Å². The van der Waals surface area contributed by atoms with Gasteiger partial charge < -0.3 is 0 Å². The maximum absolute atomic E-state index is 13.6. The van der Waals surface area contributed by atoms with Crippen LogP contribution < -0.4 is 0 Å². The molecule has 1 saturated heterocycles. The van der Waals surface area contributed by atoms with Crippen LogP contribution in [0.25, 0.3) is 0 Å². The first kappa shape index (κ1) is 8.69. The van der Waals surface area contributed by atoms with Gasteiger partial charge in [0.25, 0.3) is 5.91 Å². The third kappa shape index (κ3) is 0.573. The van der Waals surface area contributed by atoms with Crippen molar-refractivity contribution in [2.75, 3.05) is 0 Å². The molecule has 1 aliphatic heterocycles. The molecule has 3 rings (SSSR count). The van der Waals surface area contributed by atoms with E-state index >= 15 is 0 Å². The average Bonchev–Trinajstić information content (AvgIpc) is 2.44. The van der Waals surface area contributed by atoms with Crippen LogP contribution in [0.1, 0.15) is 33.6 Å². The molecule has 14 heavy (non-hydrogen) atoms. The van der Waals surface area contributed by atoms with Gasteiger partial charge in [-0.2, -0.15) is 5.12 Å². The Bertz CT molecular complexity index is 327. The normalized spacial score (nSPS) is 53.3. The molecule has 2 aliphatic carbocycles. The van der Waals surface area contributed by atoms with Gasteiger partial charge in [-0.05, 0) is 24.2 Å². The van der Waals surface area contributed by atoms with Gasteiger partial charge in [-0.25, -0.2) is 0 Å². The van der Waals surface area contributed by atoms with Crippen molar-refractivity contribution in [1.82, 2.24) is 5.12 Å². The van der Waals surface area contributed by atoms with E-state index in [9.17, 15) is 9.28 Å². The minimum atomic E-state index is -0.259. The topological polar surface area (TPSA) is 20.3 Å². The molecule has 0 aromatic heterocycles. The van der Waals surface area contributed by atoms with Crippen molar-refractivity contribution in [3.05, 3.63) is 0 Å². The van der Waals surface area contributed by atoms with Gasteiger partial charge in [-0.1, -0.05) is 25.3 Å². The first-order chi connectivity index (χ1) is 6.40.